The van der Waals surface area contributed by atoms with Gasteiger partial charge in [0.15, 0.2) is 0 Å². The predicted molar refractivity (Wildman–Crippen MR) is 164 cm³/mol. The van der Waals surface area contributed by atoms with Gasteiger partial charge in [-0.05, 0) is 67.0 Å². The van der Waals surface area contributed by atoms with Crippen molar-refractivity contribution < 1.29 is 37.7 Å². The van der Waals surface area contributed by atoms with Crippen molar-refractivity contribution >= 4 is 33.8 Å². The molecule has 1 N–H and O–H groups in total. The maximum Gasteiger partial charge on any atom is 0.351 e. The van der Waals surface area contributed by atoms with Gasteiger partial charge in [0.05, 0.1) is 33.3 Å². The lowest BCUT2D eigenvalue weighted by Gasteiger charge is -2.52. The average molecular weight is 617 g/mol. The van der Waals surface area contributed by atoms with E-state index in [1.807, 2.05) is 12.1 Å². The highest BCUT2D eigenvalue weighted by atomic mass is 16.6. The monoisotopic (exact) mass is 616 g/mol. The Morgan fingerprint density at radius 1 is 0.978 bits per heavy atom. The van der Waals surface area contributed by atoms with E-state index in [4.69, 9.17) is 28.1 Å². The molecule has 236 valence electrons. The second-order valence-corrected chi connectivity index (χ2v) is 12.1. The van der Waals surface area contributed by atoms with Crippen LogP contribution in [-0.2, 0) is 25.4 Å². The van der Waals surface area contributed by atoms with Crippen LogP contribution < -0.4 is 15.1 Å². The number of hydrogen-bond acceptors (Lipinski definition) is 10. The second kappa shape index (κ2) is 11.5. The smallest absolute Gasteiger partial charge is 0.351 e. The van der Waals surface area contributed by atoms with E-state index in [1.165, 1.54) is 44.0 Å². The Morgan fingerprint density at radius 3 is 2.51 bits per heavy atom. The molecule has 0 spiro atoms. The molecule has 2 aromatic heterocycles. The van der Waals surface area contributed by atoms with E-state index in [9.17, 15) is 14.4 Å². The highest BCUT2D eigenvalue weighted by molar-refractivity contribution is 5.93. The van der Waals surface area contributed by atoms with Gasteiger partial charge in [-0.2, -0.15) is 0 Å². The minimum Gasteiger partial charge on any atom is -0.497 e. The Labute approximate surface area is 259 Å². The van der Waals surface area contributed by atoms with Gasteiger partial charge in [0, 0.05) is 54.3 Å². The van der Waals surface area contributed by atoms with Crippen LogP contribution in [0.4, 0.5) is 0 Å². The molecule has 2 fully saturated rings. The molecule has 1 saturated heterocycles. The van der Waals surface area contributed by atoms with Crippen molar-refractivity contribution in [2.75, 3.05) is 41.5 Å². The molecule has 7 rings (SSSR count). The summed E-state index contributed by atoms with van der Waals surface area (Å²) in [7, 11) is 6.06. The number of carbonyl (C=O) groups is 2. The standard InChI is InChI=1S/C34H36N2O9/c1-40-19-7-8-21-22-9-10-36-16-18-12-28(45-33(38)24-11-17-5-6-20(41-2)14-27(17)44-32(24)37)31(42-3)29(34(39)43-4)23(18)15-26(36)30(22)35-25(21)13-19/h5-8,11,13-14,18,23,26,28-29,31,35H,9-10,12,15-16H2,1-4H3/t18-,23+,26-,28-,29+,31+/m1/s1. The first kappa shape index (κ1) is 29.4. The van der Waals surface area contributed by atoms with Gasteiger partial charge in [0.2, 0.25) is 0 Å². The van der Waals surface area contributed by atoms with Gasteiger partial charge in [-0.25, -0.2) is 9.59 Å². The van der Waals surface area contributed by atoms with E-state index < -0.39 is 35.7 Å². The normalized spacial score (nSPS) is 26.0. The number of rotatable bonds is 6. The number of nitrogens with one attached hydrogen (secondary N) is 1. The molecular weight excluding hydrogens is 580 g/mol. The average Bonchev–Trinajstić information content (AvgIpc) is 3.44. The van der Waals surface area contributed by atoms with Crippen LogP contribution in [0, 0.1) is 17.8 Å². The van der Waals surface area contributed by atoms with Crippen LogP contribution >= 0.6 is 0 Å². The fourth-order valence-electron chi connectivity index (χ4n) is 7.92. The van der Waals surface area contributed by atoms with E-state index in [0.29, 0.717) is 23.1 Å². The van der Waals surface area contributed by atoms with Crippen LogP contribution in [0.2, 0.25) is 0 Å². The third kappa shape index (κ3) is 4.94. The number of nitrogens with zero attached hydrogens (tertiary/aromatic N) is 1. The van der Waals surface area contributed by atoms with Gasteiger partial charge in [-0.3, -0.25) is 9.69 Å². The van der Waals surface area contributed by atoms with Crippen LogP contribution in [0.3, 0.4) is 0 Å². The fraction of sp³-hybridized carbons (Fsp3) is 0.441. The Balaban J connectivity index is 1.18. The third-order valence-corrected chi connectivity index (χ3v) is 10.0. The number of hydrogen-bond donors (Lipinski definition) is 1. The van der Waals surface area contributed by atoms with Crippen molar-refractivity contribution in [2.24, 2.45) is 17.8 Å². The Kier molecular flexibility index (Phi) is 7.53. The quantitative estimate of drug-likeness (QED) is 0.248. The molecule has 0 unspecified atom stereocenters. The first-order valence-corrected chi connectivity index (χ1v) is 15.2. The summed E-state index contributed by atoms with van der Waals surface area (Å²) in [5, 5.41) is 1.75. The largest absolute Gasteiger partial charge is 0.497 e. The zero-order valence-corrected chi connectivity index (χ0v) is 25.7. The number of aromatic amines is 1. The molecule has 45 heavy (non-hydrogen) atoms. The Hall–Kier alpha value is -4.35. The van der Waals surface area contributed by atoms with Gasteiger partial charge in [0.25, 0.3) is 0 Å². The summed E-state index contributed by atoms with van der Waals surface area (Å²) in [5.74, 6) is -0.576. The topological polar surface area (TPSA) is 130 Å². The predicted octanol–water partition coefficient (Wildman–Crippen LogP) is 4.26. The van der Waals surface area contributed by atoms with E-state index >= 15 is 0 Å². The van der Waals surface area contributed by atoms with Crippen molar-refractivity contribution in [3.05, 3.63) is 69.7 Å². The Morgan fingerprint density at radius 2 is 1.76 bits per heavy atom. The highest BCUT2D eigenvalue weighted by Gasteiger charge is 2.54. The number of aromatic nitrogens is 1. The molecule has 11 nitrogen and oxygen atoms in total. The molecule has 0 amide bonds. The molecule has 1 saturated carbocycles. The van der Waals surface area contributed by atoms with E-state index in [-0.39, 0.29) is 23.4 Å². The molecule has 2 aliphatic heterocycles. The molecule has 0 bridgehead atoms. The third-order valence-electron chi connectivity index (χ3n) is 10.0. The zero-order valence-electron chi connectivity index (χ0n) is 25.7. The minimum absolute atomic E-state index is 0.0426. The number of carbonyl (C=O) groups excluding carboxylic acids is 2. The molecule has 4 aromatic rings. The van der Waals surface area contributed by atoms with E-state index in [2.05, 4.69) is 16.0 Å². The van der Waals surface area contributed by atoms with Crippen LogP contribution in [0.1, 0.15) is 40.5 Å². The van der Waals surface area contributed by atoms with Crippen LogP contribution in [0.15, 0.2) is 51.7 Å². The molecule has 2 aromatic carbocycles. The summed E-state index contributed by atoms with van der Waals surface area (Å²) in [6.07, 6.45) is 0.592. The number of methoxy groups -OCH3 is 4. The number of fused-ring (bicyclic) bond motifs is 7. The second-order valence-electron chi connectivity index (χ2n) is 12.1. The summed E-state index contributed by atoms with van der Waals surface area (Å²) in [5.41, 5.74) is 2.79. The van der Waals surface area contributed by atoms with Gasteiger partial charge in [-0.15, -0.1) is 0 Å². The summed E-state index contributed by atoms with van der Waals surface area (Å²) < 4.78 is 33.3. The SMILES string of the molecule is COC(=O)[C@H]1[C@H]2C[C@@H]3c4[nH]c5cc(OC)ccc5c4CCN3C[C@H]2C[C@@H](OC(=O)c2cc3ccc(OC)cc3oc2=O)[C@@H]1OC. The number of H-pyrrole nitrogens is 1. The van der Waals surface area contributed by atoms with Crippen LogP contribution in [0.25, 0.3) is 21.9 Å². The van der Waals surface area contributed by atoms with Crippen LogP contribution in [0.5, 0.6) is 11.5 Å². The lowest BCUT2D eigenvalue weighted by molar-refractivity contribution is -0.176. The van der Waals surface area contributed by atoms with E-state index in [0.717, 1.165) is 37.2 Å². The van der Waals surface area contributed by atoms with Crippen molar-refractivity contribution in [3.8, 4) is 11.5 Å². The summed E-state index contributed by atoms with van der Waals surface area (Å²) in [4.78, 5) is 45.8. The summed E-state index contributed by atoms with van der Waals surface area (Å²) in [6, 6.07) is 12.7. The summed E-state index contributed by atoms with van der Waals surface area (Å²) >= 11 is 0. The van der Waals surface area contributed by atoms with E-state index in [1.54, 1.807) is 25.3 Å². The number of ether oxygens (including phenoxy) is 5. The van der Waals surface area contributed by atoms with Gasteiger partial charge >= 0.3 is 17.6 Å². The number of esters is 2. The Bertz CT molecular complexity index is 1840. The molecule has 4 heterocycles. The molecule has 1 aliphatic carbocycles. The van der Waals surface area contributed by atoms with Crippen molar-refractivity contribution in [2.45, 2.75) is 37.5 Å². The number of piperidine rings is 1. The molecule has 11 heteroatoms. The highest BCUT2D eigenvalue weighted by Crippen LogP contribution is 2.50. The lowest BCUT2D eigenvalue weighted by atomic mass is 9.63. The molecule has 3 aliphatic rings. The van der Waals surface area contributed by atoms with Crippen LogP contribution in [-0.4, -0.2) is 75.6 Å². The summed E-state index contributed by atoms with van der Waals surface area (Å²) in [6.45, 7) is 1.61. The zero-order chi connectivity index (χ0) is 31.4. The first-order chi connectivity index (χ1) is 21.8. The van der Waals surface area contributed by atoms with Crippen molar-refractivity contribution in [1.29, 1.82) is 0 Å². The molecular formula is C34H36N2O9. The first-order valence-electron chi connectivity index (χ1n) is 15.2. The van der Waals surface area contributed by atoms with Crippen molar-refractivity contribution in [3.63, 3.8) is 0 Å². The number of benzene rings is 2. The maximum absolute atomic E-state index is 13.5. The van der Waals surface area contributed by atoms with Gasteiger partial charge < -0.3 is 33.1 Å². The maximum atomic E-state index is 13.5. The van der Waals surface area contributed by atoms with Gasteiger partial charge in [-0.1, -0.05) is 0 Å². The lowest BCUT2D eigenvalue weighted by Crippen LogP contribution is -2.58. The minimum atomic E-state index is -0.819. The fourth-order valence-corrected chi connectivity index (χ4v) is 7.92. The molecule has 0 radical (unpaired) electrons. The van der Waals surface area contributed by atoms with Crippen molar-refractivity contribution in [1.82, 2.24) is 9.88 Å². The molecule has 6 atom stereocenters. The van der Waals surface area contributed by atoms with Gasteiger partial charge in [0.1, 0.15) is 34.9 Å².